The zero-order valence-electron chi connectivity index (χ0n) is 16.4. The van der Waals surface area contributed by atoms with Gasteiger partial charge in [-0.3, -0.25) is 19.3 Å². The number of morpholine rings is 1. The summed E-state index contributed by atoms with van der Waals surface area (Å²) >= 11 is 1.24. The molecule has 2 saturated heterocycles. The fourth-order valence-electron chi connectivity index (χ4n) is 3.57. The van der Waals surface area contributed by atoms with E-state index in [2.05, 4.69) is 16.2 Å². The molecule has 0 spiro atoms. The van der Waals surface area contributed by atoms with E-state index in [-0.39, 0.29) is 36.8 Å². The predicted octanol–water partition coefficient (Wildman–Crippen LogP) is 1.33. The molecule has 154 valence electrons. The molecule has 0 unspecified atom stereocenters. The Bertz CT molecular complexity index is 1060. The second kappa shape index (κ2) is 8.26. The maximum Gasteiger partial charge on any atom is 0.261 e. The fraction of sp³-hybridized carbons (Fsp3) is 0.333. The molecule has 9 heteroatoms. The lowest BCUT2D eigenvalue weighted by Crippen LogP contribution is -2.42. The van der Waals surface area contributed by atoms with Gasteiger partial charge in [0.05, 0.1) is 33.8 Å². The first kappa shape index (κ1) is 20.1. The number of carbonyl (C=O) groups is 3. The van der Waals surface area contributed by atoms with Crippen LogP contribution in [0.15, 0.2) is 24.3 Å². The van der Waals surface area contributed by atoms with Gasteiger partial charge < -0.3 is 15.0 Å². The van der Waals surface area contributed by atoms with Crippen molar-refractivity contribution in [2.45, 2.75) is 19.4 Å². The molecule has 8 nitrogen and oxygen atoms in total. The smallest absolute Gasteiger partial charge is 0.261 e. The molecule has 2 aliphatic heterocycles. The van der Waals surface area contributed by atoms with Crippen molar-refractivity contribution in [3.63, 3.8) is 0 Å². The van der Waals surface area contributed by atoms with Crippen LogP contribution in [-0.2, 0) is 14.3 Å². The van der Waals surface area contributed by atoms with Crippen molar-refractivity contribution in [2.75, 3.05) is 36.1 Å². The summed E-state index contributed by atoms with van der Waals surface area (Å²) in [4.78, 5) is 46.0. The number of hydrogen-bond donors (Lipinski definition) is 1. The second-order valence-corrected chi connectivity index (χ2v) is 8.14. The Morgan fingerprint density at radius 2 is 2.10 bits per heavy atom. The van der Waals surface area contributed by atoms with E-state index in [0.717, 1.165) is 0 Å². The molecule has 2 fully saturated rings. The van der Waals surface area contributed by atoms with Gasteiger partial charge in [-0.25, -0.2) is 4.98 Å². The molecule has 0 bridgehead atoms. The SMILES string of the molecule is C#Cc1ccc(C(=O)N[C@@H]2CC(=O)N(c3ccc(N4CCOCC4=O)c(C)n3)C2)s1. The predicted molar refractivity (Wildman–Crippen MR) is 113 cm³/mol. The van der Waals surface area contributed by atoms with Crippen molar-refractivity contribution >= 4 is 40.6 Å². The van der Waals surface area contributed by atoms with Crippen molar-refractivity contribution in [3.8, 4) is 12.3 Å². The lowest BCUT2D eigenvalue weighted by Gasteiger charge is -2.28. The molecule has 2 aliphatic rings. The quantitative estimate of drug-likeness (QED) is 0.748. The van der Waals surface area contributed by atoms with Gasteiger partial charge in [0.1, 0.15) is 12.4 Å². The third kappa shape index (κ3) is 3.92. The number of carbonyl (C=O) groups excluding carboxylic acids is 3. The Balaban J connectivity index is 1.45. The van der Waals surface area contributed by atoms with Crippen LogP contribution < -0.4 is 15.1 Å². The standard InChI is InChI=1S/C21H20N4O4S/c1-3-15-4-6-17(30-15)21(28)23-14-10-19(26)25(11-14)18-7-5-16(13(2)22-18)24-8-9-29-12-20(24)27/h1,4-7,14H,8-12H2,2H3,(H,23,28)/t14-/m1/s1. The number of ether oxygens (including phenoxy) is 1. The van der Waals surface area contributed by atoms with Crippen LogP contribution in [0.1, 0.15) is 26.7 Å². The van der Waals surface area contributed by atoms with E-state index in [1.807, 2.05) is 0 Å². The van der Waals surface area contributed by atoms with E-state index < -0.39 is 0 Å². The lowest BCUT2D eigenvalue weighted by molar-refractivity contribution is -0.125. The number of thiophene rings is 1. The summed E-state index contributed by atoms with van der Waals surface area (Å²) in [7, 11) is 0. The van der Waals surface area contributed by atoms with Crippen molar-refractivity contribution in [1.29, 1.82) is 0 Å². The summed E-state index contributed by atoms with van der Waals surface area (Å²) in [5.41, 5.74) is 1.37. The number of amides is 3. The summed E-state index contributed by atoms with van der Waals surface area (Å²) < 4.78 is 5.17. The Hall–Kier alpha value is -3.22. The Morgan fingerprint density at radius 1 is 1.27 bits per heavy atom. The van der Waals surface area contributed by atoms with Gasteiger partial charge in [-0.1, -0.05) is 5.92 Å². The van der Waals surface area contributed by atoms with E-state index in [9.17, 15) is 14.4 Å². The van der Waals surface area contributed by atoms with E-state index in [1.54, 1.807) is 41.0 Å². The third-order valence-electron chi connectivity index (χ3n) is 5.03. The third-order valence-corrected chi connectivity index (χ3v) is 6.04. The topological polar surface area (TPSA) is 91.8 Å². The minimum Gasteiger partial charge on any atom is -0.370 e. The van der Waals surface area contributed by atoms with Crippen LogP contribution >= 0.6 is 11.3 Å². The number of aromatic nitrogens is 1. The highest BCUT2D eigenvalue weighted by atomic mass is 32.1. The maximum absolute atomic E-state index is 12.5. The first-order chi connectivity index (χ1) is 14.5. The molecule has 0 aliphatic carbocycles. The maximum atomic E-state index is 12.5. The summed E-state index contributed by atoms with van der Waals surface area (Å²) in [5.74, 6) is 2.54. The average molecular weight is 424 g/mol. The number of anilines is 2. The summed E-state index contributed by atoms with van der Waals surface area (Å²) in [6.45, 7) is 3.15. The van der Waals surface area contributed by atoms with Gasteiger partial charge in [0.25, 0.3) is 11.8 Å². The molecule has 30 heavy (non-hydrogen) atoms. The van der Waals surface area contributed by atoms with Gasteiger partial charge in [-0.2, -0.15) is 0 Å². The number of hydrogen-bond acceptors (Lipinski definition) is 6. The molecule has 1 N–H and O–H groups in total. The lowest BCUT2D eigenvalue weighted by atomic mass is 10.2. The molecule has 4 rings (SSSR count). The number of aryl methyl sites for hydroxylation is 1. The van der Waals surface area contributed by atoms with Gasteiger partial charge in [0.15, 0.2) is 0 Å². The highest BCUT2D eigenvalue weighted by Gasteiger charge is 2.33. The molecule has 2 aromatic heterocycles. The summed E-state index contributed by atoms with van der Waals surface area (Å²) in [6, 6.07) is 6.61. The molecule has 4 heterocycles. The Morgan fingerprint density at radius 3 is 2.80 bits per heavy atom. The van der Waals surface area contributed by atoms with Gasteiger partial charge >= 0.3 is 0 Å². The van der Waals surface area contributed by atoms with Crippen LogP contribution in [0.3, 0.4) is 0 Å². The second-order valence-electron chi connectivity index (χ2n) is 7.06. The molecular formula is C21H20N4O4S. The number of pyridine rings is 1. The van der Waals surface area contributed by atoms with Crippen LogP contribution in [0, 0.1) is 19.3 Å². The van der Waals surface area contributed by atoms with Crippen LogP contribution in [-0.4, -0.2) is 55.1 Å². The van der Waals surface area contributed by atoms with E-state index in [0.29, 0.717) is 46.6 Å². The minimum absolute atomic E-state index is 0.0558. The van der Waals surface area contributed by atoms with Gasteiger partial charge in [0.2, 0.25) is 5.91 Å². The normalized spacial score (nSPS) is 19.1. The van der Waals surface area contributed by atoms with Crippen LogP contribution in [0.4, 0.5) is 11.5 Å². The molecule has 2 aromatic rings. The van der Waals surface area contributed by atoms with Crippen LogP contribution in [0.5, 0.6) is 0 Å². The van der Waals surface area contributed by atoms with Gasteiger partial charge in [0, 0.05) is 19.5 Å². The zero-order chi connectivity index (χ0) is 21.3. The Kier molecular flexibility index (Phi) is 5.53. The van der Waals surface area contributed by atoms with Gasteiger partial charge in [-0.05, 0) is 31.2 Å². The highest BCUT2D eigenvalue weighted by molar-refractivity contribution is 7.14. The number of terminal acetylenes is 1. The molecule has 3 amide bonds. The molecule has 0 radical (unpaired) electrons. The monoisotopic (exact) mass is 424 g/mol. The summed E-state index contributed by atoms with van der Waals surface area (Å²) in [6.07, 6.45) is 5.55. The minimum atomic E-state index is -0.316. The molecule has 0 aromatic carbocycles. The van der Waals surface area contributed by atoms with Gasteiger partial charge in [-0.15, -0.1) is 17.8 Å². The van der Waals surface area contributed by atoms with Crippen molar-refractivity contribution in [1.82, 2.24) is 10.3 Å². The largest absolute Gasteiger partial charge is 0.370 e. The van der Waals surface area contributed by atoms with Crippen molar-refractivity contribution in [2.24, 2.45) is 0 Å². The van der Waals surface area contributed by atoms with Crippen LogP contribution in [0.25, 0.3) is 0 Å². The van der Waals surface area contributed by atoms with Crippen molar-refractivity contribution < 1.29 is 19.1 Å². The molecule has 1 atom stereocenters. The van der Waals surface area contributed by atoms with E-state index >= 15 is 0 Å². The van der Waals surface area contributed by atoms with E-state index in [4.69, 9.17) is 11.2 Å². The zero-order valence-corrected chi connectivity index (χ0v) is 17.2. The first-order valence-corrected chi connectivity index (χ1v) is 10.3. The fourth-order valence-corrected chi connectivity index (χ4v) is 4.29. The molecule has 0 saturated carbocycles. The Labute approximate surface area is 177 Å². The van der Waals surface area contributed by atoms with Crippen molar-refractivity contribution in [3.05, 3.63) is 39.7 Å². The number of nitrogens with zero attached hydrogens (tertiary/aromatic N) is 3. The van der Waals surface area contributed by atoms with E-state index in [1.165, 1.54) is 11.3 Å². The summed E-state index contributed by atoms with van der Waals surface area (Å²) in [5, 5.41) is 2.89. The average Bonchev–Trinajstić information content (AvgIpc) is 3.35. The number of nitrogens with one attached hydrogen (secondary N) is 1. The van der Waals surface area contributed by atoms with Crippen LogP contribution in [0.2, 0.25) is 0 Å². The highest BCUT2D eigenvalue weighted by Crippen LogP contribution is 2.26. The first-order valence-electron chi connectivity index (χ1n) is 9.49. The molecular weight excluding hydrogens is 404 g/mol. The number of rotatable bonds is 4.